The Morgan fingerprint density at radius 1 is 1.21 bits per heavy atom. The number of halogens is 1. The van der Waals surface area contributed by atoms with Crippen molar-refractivity contribution in [1.29, 1.82) is 0 Å². The van der Waals surface area contributed by atoms with Gasteiger partial charge in [-0.1, -0.05) is 29.9 Å². The third-order valence-corrected chi connectivity index (χ3v) is 7.56. The van der Waals surface area contributed by atoms with Crippen LogP contribution in [0.1, 0.15) is 37.2 Å². The van der Waals surface area contributed by atoms with Gasteiger partial charge in [0.05, 0.1) is 18.5 Å². The van der Waals surface area contributed by atoms with Crippen LogP contribution in [0.25, 0.3) is 5.57 Å². The molecule has 0 saturated heterocycles. The minimum atomic E-state index is -1.03. The summed E-state index contributed by atoms with van der Waals surface area (Å²) in [6.07, 6.45) is 10.8. The molecule has 0 bridgehead atoms. The number of aromatic nitrogens is 3. The van der Waals surface area contributed by atoms with Crippen molar-refractivity contribution in [3.63, 3.8) is 0 Å². The summed E-state index contributed by atoms with van der Waals surface area (Å²) in [6.45, 7) is 7.24. The number of nitrogens with one attached hydrogen (secondary N) is 1. The number of amides is 1. The van der Waals surface area contributed by atoms with Crippen molar-refractivity contribution in [2.75, 3.05) is 11.9 Å². The molecular weight excluding hydrogens is 562 g/mol. The predicted octanol–water partition coefficient (Wildman–Crippen LogP) is 3.38. The number of carbonyl (C=O) groups is 2. The second-order valence-electron chi connectivity index (χ2n) is 10.1. The van der Waals surface area contributed by atoms with Crippen LogP contribution in [0.3, 0.4) is 0 Å². The minimum absolute atomic E-state index is 0.112. The molecule has 202 valence electrons. The number of carbonyl (C=O) groups excluding carboxylic acids is 2. The number of fused-ring (bicyclic) bond motifs is 1. The maximum absolute atomic E-state index is 13.3. The molecule has 0 radical (unpaired) electrons. The molecule has 1 aliphatic carbocycles. The summed E-state index contributed by atoms with van der Waals surface area (Å²) in [4.78, 5) is 40.4. The first kappa shape index (κ1) is 26.9. The summed E-state index contributed by atoms with van der Waals surface area (Å²) in [5, 5.41) is 20.6. The number of ketones is 1. The van der Waals surface area contributed by atoms with Crippen LogP contribution in [0.2, 0.25) is 0 Å². The second kappa shape index (κ2) is 10.8. The maximum Gasteiger partial charge on any atom is 0.248 e. The monoisotopic (exact) mass is 591 g/mol. The topological polar surface area (TPSA) is 124 Å². The number of aliphatic hydroxyl groups excluding tert-OH is 1. The van der Waals surface area contributed by atoms with E-state index in [-0.39, 0.29) is 30.2 Å². The van der Waals surface area contributed by atoms with E-state index < -0.39 is 12.3 Å². The average molecular weight is 592 g/mol. The molecular formula is C28H30BrN7O3. The highest BCUT2D eigenvalue weighted by Gasteiger charge is 2.41. The van der Waals surface area contributed by atoms with Crippen LogP contribution in [0.5, 0.6) is 0 Å². The van der Waals surface area contributed by atoms with Gasteiger partial charge >= 0.3 is 0 Å². The Balaban J connectivity index is 1.33. The molecule has 10 nitrogen and oxygen atoms in total. The van der Waals surface area contributed by atoms with E-state index >= 15 is 0 Å². The standard InChI is InChI=1S/C28H30BrN7O3/c1-15-9-23(28(39)33-27-16(2)5-8-24(29)32-27)35(13-15)25(38)14-36-22-7-6-19(20-11-30-18(4)31-12-20)10-21(22)26(34-36)17(3)37/h5-8,10-13,21-23,25,38H,9,14H2,1-4H3,(H,32,33,39)/t21?,22?,23-,25?/m0/s1. The lowest BCUT2D eigenvalue weighted by Crippen LogP contribution is -2.49. The highest BCUT2D eigenvalue weighted by molar-refractivity contribution is 9.10. The maximum atomic E-state index is 13.3. The van der Waals surface area contributed by atoms with Gasteiger partial charge in [-0.15, -0.1) is 0 Å². The number of aryl methyl sites for hydroxylation is 2. The van der Waals surface area contributed by atoms with Crippen LogP contribution < -0.4 is 5.32 Å². The number of hydrogen-bond acceptors (Lipinski definition) is 9. The summed E-state index contributed by atoms with van der Waals surface area (Å²) in [7, 11) is 0. The number of pyridine rings is 1. The Hall–Kier alpha value is -3.70. The Bertz CT molecular complexity index is 1430. The van der Waals surface area contributed by atoms with Crippen LogP contribution in [-0.4, -0.2) is 72.2 Å². The van der Waals surface area contributed by atoms with Gasteiger partial charge in [0.2, 0.25) is 5.91 Å². The fourth-order valence-electron chi connectivity index (χ4n) is 5.09. The lowest BCUT2D eigenvalue weighted by Gasteiger charge is -2.34. The molecule has 1 amide bonds. The van der Waals surface area contributed by atoms with E-state index in [0.717, 1.165) is 22.3 Å². The van der Waals surface area contributed by atoms with Gasteiger partial charge < -0.3 is 15.3 Å². The molecule has 4 heterocycles. The van der Waals surface area contributed by atoms with Crippen molar-refractivity contribution in [3.05, 3.63) is 76.1 Å². The van der Waals surface area contributed by atoms with Crippen molar-refractivity contribution in [3.8, 4) is 0 Å². The van der Waals surface area contributed by atoms with Gasteiger partial charge in [0.25, 0.3) is 0 Å². The lowest BCUT2D eigenvalue weighted by atomic mass is 9.85. The number of hydrazone groups is 1. The lowest BCUT2D eigenvalue weighted by molar-refractivity contribution is -0.123. The molecule has 3 aliphatic rings. The molecule has 3 unspecified atom stereocenters. The Labute approximate surface area is 235 Å². The van der Waals surface area contributed by atoms with E-state index in [0.29, 0.717) is 28.4 Å². The highest BCUT2D eigenvalue weighted by atomic mass is 79.9. The molecule has 39 heavy (non-hydrogen) atoms. The van der Waals surface area contributed by atoms with Crippen molar-refractivity contribution < 1.29 is 14.7 Å². The molecule has 2 N–H and O–H groups in total. The molecule has 0 fully saturated rings. The van der Waals surface area contributed by atoms with Crippen LogP contribution in [0, 0.1) is 19.8 Å². The second-order valence-corrected chi connectivity index (χ2v) is 10.9. The average Bonchev–Trinajstić information content (AvgIpc) is 3.47. The highest BCUT2D eigenvalue weighted by Crippen LogP contribution is 2.34. The predicted molar refractivity (Wildman–Crippen MR) is 151 cm³/mol. The number of anilines is 1. The summed E-state index contributed by atoms with van der Waals surface area (Å²) >= 11 is 3.35. The Morgan fingerprint density at radius 3 is 2.67 bits per heavy atom. The van der Waals surface area contributed by atoms with Crippen molar-refractivity contribution in [2.45, 2.75) is 52.4 Å². The molecule has 0 saturated carbocycles. The molecule has 2 aromatic rings. The number of hydrogen-bond donors (Lipinski definition) is 2. The summed E-state index contributed by atoms with van der Waals surface area (Å²) < 4.78 is 0.622. The van der Waals surface area contributed by atoms with Gasteiger partial charge in [-0.05, 0) is 60.3 Å². The summed E-state index contributed by atoms with van der Waals surface area (Å²) in [5.41, 5.74) is 4.02. The number of Topliss-reactive ketones (excluding diaryl/α,β-unsaturated/α-hetero) is 1. The first-order valence-electron chi connectivity index (χ1n) is 12.7. The third kappa shape index (κ3) is 5.55. The van der Waals surface area contributed by atoms with Gasteiger partial charge in [0, 0.05) is 31.1 Å². The van der Waals surface area contributed by atoms with Gasteiger partial charge in [-0.3, -0.25) is 14.6 Å². The fourth-order valence-corrected chi connectivity index (χ4v) is 5.40. The van der Waals surface area contributed by atoms with E-state index in [4.69, 9.17) is 0 Å². The number of rotatable bonds is 7. The Kier molecular flexibility index (Phi) is 7.46. The zero-order valence-electron chi connectivity index (χ0n) is 22.2. The zero-order valence-corrected chi connectivity index (χ0v) is 23.8. The SMILES string of the molecule is CC(=O)C1=NN(CC(O)N2C=C(C)C[C@H]2C(=O)Nc2nc(Br)ccc2C)C2C=CC(c3cnc(C)nc3)=CC12. The normalized spacial score (nSPS) is 22.7. The number of allylic oxidation sites excluding steroid dienone is 2. The van der Waals surface area contributed by atoms with Gasteiger partial charge in [0.1, 0.15) is 34.2 Å². The zero-order chi connectivity index (χ0) is 27.8. The van der Waals surface area contributed by atoms with Crippen molar-refractivity contribution >= 4 is 44.7 Å². The smallest absolute Gasteiger partial charge is 0.248 e. The Morgan fingerprint density at radius 2 is 1.95 bits per heavy atom. The summed E-state index contributed by atoms with van der Waals surface area (Å²) in [5.74, 6) is 0.509. The molecule has 2 aliphatic heterocycles. The van der Waals surface area contributed by atoms with E-state index in [2.05, 4.69) is 41.3 Å². The van der Waals surface area contributed by atoms with Crippen LogP contribution in [-0.2, 0) is 9.59 Å². The molecule has 5 rings (SSSR count). The molecule has 0 spiro atoms. The summed E-state index contributed by atoms with van der Waals surface area (Å²) in [6, 6.07) is 2.84. The molecule has 2 aromatic heterocycles. The molecule has 11 heteroatoms. The van der Waals surface area contributed by atoms with Gasteiger partial charge in [-0.2, -0.15) is 5.10 Å². The van der Waals surface area contributed by atoms with E-state index in [9.17, 15) is 14.7 Å². The van der Waals surface area contributed by atoms with Gasteiger partial charge in [-0.25, -0.2) is 15.0 Å². The van der Waals surface area contributed by atoms with E-state index in [1.54, 1.807) is 22.3 Å². The molecule has 0 aromatic carbocycles. The first-order chi connectivity index (χ1) is 18.6. The van der Waals surface area contributed by atoms with Gasteiger partial charge in [0.15, 0.2) is 5.78 Å². The number of nitrogens with zero attached hydrogens (tertiary/aromatic N) is 6. The van der Waals surface area contributed by atoms with Crippen LogP contribution in [0.4, 0.5) is 5.82 Å². The van der Waals surface area contributed by atoms with Crippen molar-refractivity contribution in [1.82, 2.24) is 24.9 Å². The van der Waals surface area contributed by atoms with Crippen LogP contribution in [0.15, 0.2) is 64.2 Å². The quantitative estimate of drug-likeness (QED) is 0.470. The van der Waals surface area contributed by atoms with Crippen molar-refractivity contribution in [2.24, 2.45) is 11.0 Å². The largest absolute Gasteiger partial charge is 0.372 e. The number of β-amino-alcohol motifs (C(OH)–C–C–N with tert-alkyl or cyclic N) is 1. The fraction of sp³-hybridized carbons (Fsp3) is 0.357. The van der Waals surface area contributed by atoms with E-state index in [1.165, 1.54) is 6.92 Å². The minimum Gasteiger partial charge on any atom is -0.372 e. The first-order valence-corrected chi connectivity index (χ1v) is 13.5. The molecule has 4 atom stereocenters. The third-order valence-electron chi connectivity index (χ3n) is 7.12. The van der Waals surface area contributed by atoms with Crippen LogP contribution >= 0.6 is 15.9 Å². The number of aliphatic hydroxyl groups is 1. The van der Waals surface area contributed by atoms with E-state index in [1.807, 2.05) is 57.3 Å².